The summed E-state index contributed by atoms with van der Waals surface area (Å²) in [5, 5.41) is 26.7. The molecule has 0 aliphatic carbocycles. The normalized spacial score (nSPS) is 12.3. The summed E-state index contributed by atoms with van der Waals surface area (Å²) in [6, 6.07) is 12.6. The van der Waals surface area contributed by atoms with E-state index in [2.05, 4.69) is 25.3 Å². The molecule has 3 N–H and O–H groups in total. The second-order valence-electron chi connectivity index (χ2n) is 7.99. The smallest absolute Gasteiger partial charge is 0.406 e. The maximum Gasteiger partial charge on any atom is 0.573 e. The highest BCUT2D eigenvalue weighted by atomic mass is 19.4. The van der Waals surface area contributed by atoms with E-state index in [4.69, 9.17) is 0 Å². The third-order valence-corrected chi connectivity index (χ3v) is 5.03. The quantitative estimate of drug-likeness (QED) is 0.268. The largest absolute Gasteiger partial charge is 0.573 e. The van der Waals surface area contributed by atoms with E-state index in [1.807, 2.05) is 13.8 Å². The topological polar surface area (TPSA) is 122 Å². The van der Waals surface area contributed by atoms with Gasteiger partial charge in [0.05, 0.1) is 23.3 Å². The Labute approximate surface area is 199 Å². The number of halogens is 3. The zero-order chi connectivity index (χ0) is 25.6. The second kappa shape index (κ2) is 11.0. The summed E-state index contributed by atoms with van der Waals surface area (Å²) in [5.41, 5.74) is 1.40. The van der Waals surface area contributed by atoms with Crippen LogP contribution in [0.5, 0.6) is 5.75 Å². The molecule has 0 fully saturated rings. The van der Waals surface area contributed by atoms with E-state index < -0.39 is 11.3 Å². The molecule has 0 radical (unpaired) electrons. The summed E-state index contributed by atoms with van der Waals surface area (Å²) in [6.07, 6.45) is -4.83. The Morgan fingerprint density at radius 3 is 2.43 bits per heavy atom. The fraction of sp³-hybridized carbons (Fsp3) is 0.304. The first-order chi connectivity index (χ1) is 16.5. The van der Waals surface area contributed by atoms with Gasteiger partial charge in [-0.3, -0.25) is 10.1 Å². The number of aliphatic hydroxyl groups is 1. The molecule has 0 aliphatic rings. The van der Waals surface area contributed by atoms with Gasteiger partial charge < -0.3 is 20.5 Å². The number of benzene rings is 2. The molecule has 1 atom stereocenters. The van der Waals surface area contributed by atoms with Gasteiger partial charge in [0.1, 0.15) is 11.6 Å². The molecule has 0 aliphatic heterocycles. The first-order valence-electron chi connectivity index (χ1n) is 10.6. The van der Waals surface area contributed by atoms with Crippen LogP contribution in [0, 0.1) is 16.0 Å². The molecule has 3 rings (SSSR count). The van der Waals surface area contributed by atoms with Crippen molar-refractivity contribution < 1.29 is 27.9 Å². The van der Waals surface area contributed by atoms with E-state index in [0.717, 1.165) is 5.56 Å². The zero-order valence-corrected chi connectivity index (χ0v) is 18.9. The predicted octanol–water partition coefficient (Wildman–Crippen LogP) is 4.99. The number of nitrogens with one attached hydrogen (secondary N) is 2. The van der Waals surface area contributed by atoms with Gasteiger partial charge in [0, 0.05) is 30.3 Å². The van der Waals surface area contributed by atoms with E-state index >= 15 is 0 Å². The fourth-order valence-electron chi connectivity index (χ4n) is 3.12. The van der Waals surface area contributed by atoms with Crippen molar-refractivity contribution in [3.63, 3.8) is 0 Å². The van der Waals surface area contributed by atoms with Crippen molar-refractivity contribution in [2.75, 3.05) is 17.2 Å². The molecule has 35 heavy (non-hydrogen) atoms. The number of hydrogen-bond acceptors (Lipinski definition) is 8. The van der Waals surface area contributed by atoms with Gasteiger partial charge in [-0.25, -0.2) is 4.98 Å². The molecule has 0 saturated carbocycles. The molecule has 0 saturated heterocycles. The van der Waals surface area contributed by atoms with Crippen molar-refractivity contribution >= 4 is 17.5 Å². The average molecular weight is 491 g/mol. The molecule has 186 valence electrons. The third kappa shape index (κ3) is 7.54. The highest BCUT2D eigenvalue weighted by Crippen LogP contribution is 2.29. The Morgan fingerprint density at radius 1 is 1.11 bits per heavy atom. The van der Waals surface area contributed by atoms with Crippen LogP contribution in [-0.4, -0.2) is 39.0 Å². The lowest BCUT2D eigenvalue weighted by Crippen LogP contribution is -2.30. The van der Waals surface area contributed by atoms with Crippen LogP contribution < -0.4 is 15.4 Å². The highest BCUT2D eigenvalue weighted by molar-refractivity contribution is 5.66. The van der Waals surface area contributed by atoms with Crippen LogP contribution in [0.1, 0.15) is 19.4 Å². The molecule has 12 heteroatoms. The lowest BCUT2D eigenvalue weighted by atomic mass is 10.1. The Morgan fingerprint density at radius 2 is 1.83 bits per heavy atom. The van der Waals surface area contributed by atoms with Gasteiger partial charge in [-0.1, -0.05) is 38.1 Å². The van der Waals surface area contributed by atoms with E-state index in [1.165, 1.54) is 30.3 Å². The monoisotopic (exact) mass is 491 g/mol. The molecule has 3 aromatic rings. The molecule has 9 nitrogen and oxygen atoms in total. The molecular formula is C23H24F3N5O4. The van der Waals surface area contributed by atoms with Crippen molar-refractivity contribution in [3.05, 3.63) is 70.3 Å². The second-order valence-corrected chi connectivity index (χ2v) is 7.99. The number of non-ortho nitro benzene ring substituents is 1. The number of nitrogens with zero attached hydrogens (tertiary/aromatic N) is 3. The first-order valence-corrected chi connectivity index (χ1v) is 10.6. The van der Waals surface area contributed by atoms with Gasteiger partial charge >= 0.3 is 6.36 Å². The Kier molecular flexibility index (Phi) is 8.07. The summed E-state index contributed by atoms with van der Waals surface area (Å²) in [5.74, 6) is 0.188. The number of rotatable bonds is 10. The minimum Gasteiger partial charge on any atom is -0.406 e. The summed E-state index contributed by atoms with van der Waals surface area (Å²) >= 11 is 0. The minimum atomic E-state index is -4.83. The highest BCUT2D eigenvalue weighted by Gasteiger charge is 2.31. The lowest BCUT2D eigenvalue weighted by molar-refractivity contribution is -0.384. The minimum absolute atomic E-state index is 0.0331. The van der Waals surface area contributed by atoms with Gasteiger partial charge in [0.15, 0.2) is 0 Å². The molecule has 1 aromatic heterocycles. The van der Waals surface area contributed by atoms with Crippen LogP contribution in [-0.2, 0) is 6.54 Å². The molecule has 0 amide bonds. The van der Waals surface area contributed by atoms with Crippen LogP contribution >= 0.6 is 0 Å². The summed E-state index contributed by atoms with van der Waals surface area (Å²) in [7, 11) is 0. The Balaban J connectivity index is 1.91. The fourth-order valence-corrected chi connectivity index (χ4v) is 3.12. The summed E-state index contributed by atoms with van der Waals surface area (Å²) < 4.78 is 42.0. The number of ether oxygens (including phenoxy) is 1. The number of aromatic nitrogens is 2. The van der Waals surface area contributed by atoms with Crippen LogP contribution in [0.3, 0.4) is 0 Å². The summed E-state index contributed by atoms with van der Waals surface area (Å²) in [6.45, 7) is 3.91. The van der Waals surface area contributed by atoms with Gasteiger partial charge in [-0.2, -0.15) is 4.98 Å². The summed E-state index contributed by atoms with van der Waals surface area (Å²) in [4.78, 5) is 19.2. The molecule has 0 bridgehead atoms. The van der Waals surface area contributed by atoms with Crippen molar-refractivity contribution in [2.24, 2.45) is 5.92 Å². The Bertz CT molecular complexity index is 1160. The van der Waals surface area contributed by atoms with Gasteiger partial charge in [0.2, 0.25) is 5.95 Å². The number of alkyl halides is 3. The molecule has 2 aromatic carbocycles. The van der Waals surface area contributed by atoms with Crippen LogP contribution in [0.25, 0.3) is 11.3 Å². The predicted molar refractivity (Wildman–Crippen MR) is 124 cm³/mol. The maximum absolute atomic E-state index is 12.7. The number of aliphatic hydroxyl groups excluding tert-OH is 1. The van der Waals surface area contributed by atoms with Gasteiger partial charge in [0.25, 0.3) is 5.69 Å². The Hall–Kier alpha value is -3.93. The number of nitro benzene ring substituents is 1. The average Bonchev–Trinajstić information content (AvgIpc) is 2.80. The number of hydrogen-bond donors (Lipinski definition) is 3. The van der Waals surface area contributed by atoms with Crippen LogP contribution in [0.4, 0.5) is 30.6 Å². The van der Waals surface area contributed by atoms with Crippen LogP contribution in [0.2, 0.25) is 0 Å². The third-order valence-electron chi connectivity index (χ3n) is 5.03. The molecule has 0 spiro atoms. The molecule has 1 heterocycles. The molecule has 0 unspecified atom stereocenters. The van der Waals surface area contributed by atoms with E-state index in [9.17, 15) is 28.4 Å². The van der Waals surface area contributed by atoms with Gasteiger partial charge in [-0.15, -0.1) is 13.2 Å². The van der Waals surface area contributed by atoms with E-state index in [1.54, 1.807) is 24.3 Å². The van der Waals surface area contributed by atoms with Crippen molar-refractivity contribution in [1.29, 1.82) is 0 Å². The maximum atomic E-state index is 12.7. The van der Waals surface area contributed by atoms with Gasteiger partial charge in [-0.05, 0) is 23.6 Å². The SMILES string of the molecule is CC(C)[C@H](CO)Nc1nc(NCc2ccc([N+](=O)[O-])cc2)cc(-c2cccc(OC(F)(F)F)c2)n1. The lowest BCUT2D eigenvalue weighted by Gasteiger charge is -2.21. The van der Waals surface area contributed by atoms with Crippen molar-refractivity contribution in [3.8, 4) is 17.0 Å². The van der Waals surface area contributed by atoms with Crippen molar-refractivity contribution in [2.45, 2.75) is 32.8 Å². The van der Waals surface area contributed by atoms with E-state index in [-0.39, 0.29) is 42.5 Å². The van der Waals surface area contributed by atoms with Crippen LogP contribution in [0.15, 0.2) is 54.6 Å². The standard InChI is InChI=1S/C23H24F3N5O4/c1-14(2)20(13-32)29-22-28-19(16-4-3-5-18(10-16)35-23(24,25)26)11-21(30-22)27-12-15-6-8-17(9-7-15)31(33)34/h3-11,14,20,32H,12-13H2,1-2H3,(H2,27,28,29,30)/t20-/m0/s1. The van der Waals surface area contributed by atoms with E-state index in [0.29, 0.717) is 17.1 Å². The first kappa shape index (κ1) is 25.7. The zero-order valence-electron chi connectivity index (χ0n) is 18.9. The van der Waals surface area contributed by atoms with Crippen molar-refractivity contribution in [1.82, 2.24) is 9.97 Å². The molecular weight excluding hydrogens is 467 g/mol. The number of nitro groups is 1. The number of anilines is 2.